The minimum atomic E-state index is 0.261. The summed E-state index contributed by atoms with van der Waals surface area (Å²) in [4.78, 5) is 8.95. The molecular weight excluding hydrogens is 368 g/mol. The molecule has 4 aromatic heterocycles. The number of pyridine rings is 1. The van der Waals surface area contributed by atoms with Crippen molar-refractivity contribution >= 4 is 17.4 Å². The van der Waals surface area contributed by atoms with Crippen molar-refractivity contribution in [2.45, 2.75) is 26.2 Å². The normalized spacial score (nSPS) is 15.7. The summed E-state index contributed by atoms with van der Waals surface area (Å²) in [5, 5.41) is 16.2. The third kappa shape index (κ3) is 3.18. The zero-order valence-electron chi connectivity index (χ0n) is 16.6. The molecule has 1 atom stereocenters. The Kier molecular flexibility index (Phi) is 4.15. The average Bonchev–Trinajstić information content (AvgIpc) is 3.31. The van der Waals surface area contributed by atoms with Crippen LogP contribution in [-0.2, 0) is 7.05 Å². The lowest BCUT2D eigenvalue weighted by Gasteiger charge is -2.24. The molecule has 1 aliphatic heterocycles. The molecule has 1 aliphatic rings. The third-order valence-corrected chi connectivity index (χ3v) is 5.06. The second kappa shape index (κ2) is 6.84. The molecule has 148 valence electrons. The number of aryl methyl sites for hydroxylation is 1. The van der Waals surface area contributed by atoms with Crippen LogP contribution in [0.3, 0.4) is 0 Å². The summed E-state index contributed by atoms with van der Waals surface area (Å²) < 4.78 is 9.81. The van der Waals surface area contributed by atoms with Gasteiger partial charge < -0.3 is 10.1 Å². The number of ether oxygens (including phenoxy) is 1. The van der Waals surface area contributed by atoms with Crippen LogP contribution in [-0.4, -0.2) is 41.0 Å². The Balaban J connectivity index is 1.51. The van der Waals surface area contributed by atoms with Crippen LogP contribution < -0.4 is 10.1 Å². The van der Waals surface area contributed by atoms with E-state index in [1.54, 1.807) is 17.1 Å². The first-order valence-electron chi connectivity index (χ1n) is 9.69. The van der Waals surface area contributed by atoms with Crippen molar-refractivity contribution in [1.82, 2.24) is 34.3 Å². The fraction of sp³-hybridized carbons (Fsp3) is 0.350. The Labute approximate surface area is 167 Å². The summed E-state index contributed by atoms with van der Waals surface area (Å²) in [6.07, 6.45) is 4.47. The van der Waals surface area contributed by atoms with Gasteiger partial charge in [-0.05, 0) is 24.5 Å². The lowest BCUT2D eigenvalue weighted by Crippen LogP contribution is -2.21. The summed E-state index contributed by atoms with van der Waals surface area (Å²) >= 11 is 0. The molecule has 5 heterocycles. The summed E-state index contributed by atoms with van der Waals surface area (Å²) in [6.45, 7) is 5.04. The third-order valence-electron chi connectivity index (χ3n) is 5.06. The Bertz CT molecular complexity index is 1180. The van der Waals surface area contributed by atoms with E-state index in [1.165, 1.54) is 0 Å². The highest BCUT2D eigenvalue weighted by atomic mass is 16.5. The van der Waals surface area contributed by atoms with Crippen LogP contribution in [0, 0.1) is 5.92 Å². The molecule has 0 spiro atoms. The van der Waals surface area contributed by atoms with Crippen molar-refractivity contribution in [1.29, 1.82) is 0 Å². The fourth-order valence-corrected chi connectivity index (χ4v) is 3.72. The van der Waals surface area contributed by atoms with Crippen molar-refractivity contribution < 1.29 is 4.74 Å². The standard InChI is InChI=1S/C20H22N8O/c1-12(2)8-14-11-29-18-10-13(9-17-25-26-19(14)28(17)18)15-4-6-21-20(23-15)24-16-5-7-22-27(16)3/h4-7,9-10,12,14H,8,11H2,1-3H3,(H,21,23,24). The van der Waals surface area contributed by atoms with Gasteiger partial charge in [-0.3, -0.25) is 4.68 Å². The molecule has 0 saturated heterocycles. The summed E-state index contributed by atoms with van der Waals surface area (Å²) in [6, 6.07) is 7.71. The maximum Gasteiger partial charge on any atom is 0.228 e. The quantitative estimate of drug-likeness (QED) is 0.559. The van der Waals surface area contributed by atoms with Gasteiger partial charge in [-0.15, -0.1) is 10.2 Å². The molecule has 0 aromatic carbocycles. The maximum atomic E-state index is 6.07. The highest BCUT2D eigenvalue weighted by Gasteiger charge is 2.27. The van der Waals surface area contributed by atoms with E-state index in [9.17, 15) is 0 Å². The van der Waals surface area contributed by atoms with Crippen LogP contribution in [0.2, 0.25) is 0 Å². The van der Waals surface area contributed by atoms with E-state index in [4.69, 9.17) is 4.74 Å². The number of rotatable bonds is 5. The van der Waals surface area contributed by atoms with Crippen LogP contribution >= 0.6 is 0 Å². The van der Waals surface area contributed by atoms with Gasteiger partial charge in [0.2, 0.25) is 11.8 Å². The van der Waals surface area contributed by atoms with Gasteiger partial charge in [0.25, 0.3) is 0 Å². The molecular formula is C20H22N8O. The smallest absolute Gasteiger partial charge is 0.228 e. The zero-order chi connectivity index (χ0) is 20.0. The molecule has 0 radical (unpaired) electrons. The number of nitrogens with one attached hydrogen (secondary N) is 1. The molecule has 1 unspecified atom stereocenters. The van der Waals surface area contributed by atoms with E-state index < -0.39 is 0 Å². The van der Waals surface area contributed by atoms with Crippen molar-refractivity contribution in [3.8, 4) is 17.1 Å². The molecule has 0 amide bonds. The van der Waals surface area contributed by atoms with Gasteiger partial charge in [0.1, 0.15) is 11.6 Å². The van der Waals surface area contributed by atoms with Crippen LogP contribution in [0.4, 0.5) is 11.8 Å². The number of hydrogen-bond acceptors (Lipinski definition) is 7. The lowest BCUT2D eigenvalue weighted by molar-refractivity contribution is 0.230. The predicted octanol–water partition coefficient (Wildman–Crippen LogP) is 3.19. The number of anilines is 2. The molecule has 9 heteroatoms. The second-order valence-electron chi connectivity index (χ2n) is 7.70. The molecule has 9 nitrogen and oxygen atoms in total. The fourth-order valence-electron chi connectivity index (χ4n) is 3.72. The van der Waals surface area contributed by atoms with Gasteiger partial charge in [-0.25, -0.2) is 14.4 Å². The lowest BCUT2D eigenvalue weighted by atomic mass is 9.96. The molecule has 1 N–H and O–H groups in total. The van der Waals surface area contributed by atoms with Crippen LogP contribution in [0.5, 0.6) is 5.88 Å². The van der Waals surface area contributed by atoms with Crippen molar-refractivity contribution in [3.05, 3.63) is 42.5 Å². The van der Waals surface area contributed by atoms with Gasteiger partial charge in [0.15, 0.2) is 5.65 Å². The largest absolute Gasteiger partial charge is 0.478 e. The van der Waals surface area contributed by atoms with Crippen molar-refractivity contribution in [2.24, 2.45) is 13.0 Å². The zero-order valence-corrected chi connectivity index (χ0v) is 16.6. The predicted molar refractivity (Wildman–Crippen MR) is 108 cm³/mol. The van der Waals surface area contributed by atoms with E-state index in [0.717, 1.165) is 40.8 Å². The number of nitrogens with zero attached hydrogens (tertiary/aromatic N) is 7. The average molecular weight is 390 g/mol. The Morgan fingerprint density at radius 2 is 2.10 bits per heavy atom. The van der Waals surface area contributed by atoms with E-state index in [2.05, 4.69) is 44.4 Å². The van der Waals surface area contributed by atoms with Gasteiger partial charge in [-0.1, -0.05) is 13.8 Å². The van der Waals surface area contributed by atoms with E-state index >= 15 is 0 Å². The molecule has 29 heavy (non-hydrogen) atoms. The Morgan fingerprint density at radius 1 is 1.21 bits per heavy atom. The molecule has 0 aliphatic carbocycles. The van der Waals surface area contributed by atoms with Gasteiger partial charge >= 0.3 is 0 Å². The minimum absolute atomic E-state index is 0.261. The molecule has 4 aromatic rings. The topological polar surface area (TPSA) is 95.0 Å². The van der Waals surface area contributed by atoms with E-state index in [-0.39, 0.29) is 5.92 Å². The minimum Gasteiger partial charge on any atom is -0.478 e. The Hall–Kier alpha value is -3.49. The van der Waals surface area contributed by atoms with Gasteiger partial charge in [0, 0.05) is 30.9 Å². The van der Waals surface area contributed by atoms with Crippen molar-refractivity contribution in [2.75, 3.05) is 11.9 Å². The molecule has 0 saturated carbocycles. The van der Waals surface area contributed by atoms with E-state index in [0.29, 0.717) is 18.5 Å². The number of aromatic nitrogens is 7. The molecule has 5 rings (SSSR count). The van der Waals surface area contributed by atoms with Crippen molar-refractivity contribution in [3.63, 3.8) is 0 Å². The first-order valence-corrected chi connectivity index (χ1v) is 9.69. The van der Waals surface area contributed by atoms with Gasteiger partial charge in [0.05, 0.1) is 24.4 Å². The van der Waals surface area contributed by atoms with Crippen LogP contribution in [0.15, 0.2) is 36.7 Å². The maximum absolute atomic E-state index is 6.07. The molecule has 0 bridgehead atoms. The summed E-state index contributed by atoms with van der Waals surface area (Å²) in [7, 11) is 1.86. The molecule has 0 fully saturated rings. The van der Waals surface area contributed by atoms with Crippen LogP contribution in [0.1, 0.15) is 32.0 Å². The van der Waals surface area contributed by atoms with Gasteiger partial charge in [-0.2, -0.15) is 5.10 Å². The first-order chi connectivity index (χ1) is 14.1. The highest BCUT2D eigenvalue weighted by Crippen LogP contribution is 2.34. The second-order valence-corrected chi connectivity index (χ2v) is 7.70. The SMILES string of the molecule is CC(C)CC1COc2cc(-c3ccnc(Nc4ccnn4C)n3)cc3nnc1n23. The van der Waals surface area contributed by atoms with Crippen LogP contribution in [0.25, 0.3) is 16.9 Å². The highest BCUT2D eigenvalue weighted by molar-refractivity contribution is 5.67. The first kappa shape index (κ1) is 17.6. The monoisotopic (exact) mass is 390 g/mol. The number of hydrogen-bond donors (Lipinski definition) is 1. The van der Waals surface area contributed by atoms with E-state index in [1.807, 2.05) is 35.7 Å². The Morgan fingerprint density at radius 3 is 2.90 bits per heavy atom. The summed E-state index contributed by atoms with van der Waals surface area (Å²) in [5.74, 6) is 3.87. The summed E-state index contributed by atoms with van der Waals surface area (Å²) in [5.41, 5.74) is 2.45.